The first-order chi connectivity index (χ1) is 14.2. The number of esters is 1. The molecule has 0 heterocycles. The molecule has 0 unspecified atom stereocenters. The van der Waals surface area contributed by atoms with Crippen LogP contribution in [0.5, 0.6) is 11.5 Å². The van der Waals surface area contributed by atoms with Gasteiger partial charge in [-0.1, -0.05) is 39.0 Å². The largest absolute Gasteiger partial charge is 0.492 e. The van der Waals surface area contributed by atoms with Crippen LogP contribution >= 0.6 is 15.9 Å². The van der Waals surface area contributed by atoms with E-state index in [0.717, 1.165) is 10.2 Å². The SMILES string of the molecule is CC(C)(C)c1ccc(OCCCC(=O)Oc2ccc(C=C(C#N)C#N)cc2)c(Br)c1. The van der Waals surface area contributed by atoms with Gasteiger partial charge in [-0.2, -0.15) is 10.5 Å². The Morgan fingerprint density at radius 1 is 1.10 bits per heavy atom. The summed E-state index contributed by atoms with van der Waals surface area (Å²) < 4.78 is 12.0. The predicted molar refractivity (Wildman–Crippen MR) is 119 cm³/mol. The number of carbonyl (C=O) groups excluding carboxylic acids is 1. The van der Waals surface area contributed by atoms with Crippen LogP contribution in [-0.4, -0.2) is 12.6 Å². The molecule has 0 aliphatic rings. The van der Waals surface area contributed by atoms with Gasteiger partial charge in [0.05, 0.1) is 11.1 Å². The topological polar surface area (TPSA) is 83.1 Å². The summed E-state index contributed by atoms with van der Waals surface area (Å²) in [6.07, 6.45) is 2.22. The maximum atomic E-state index is 12.0. The Labute approximate surface area is 185 Å². The van der Waals surface area contributed by atoms with E-state index in [0.29, 0.717) is 24.3 Å². The lowest BCUT2D eigenvalue weighted by Gasteiger charge is -2.20. The van der Waals surface area contributed by atoms with Crippen LogP contribution in [0.2, 0.25) is 0 Å². The molecular weight excluding hydrogens is 444 g/mol. The normalized spacial score (nSPS) is 10.5. The monoisotopic (exact) mass is 466 g/mol. The molecule has 0 saturated heterocycles. The van der Waals surface area contributed by atoms with Gasteiger partial charge in [0.2, 0.25) is 0 Å². The summed E-state index contributed by atoms with van der Waals surface area (Å²) in [6.45, 7) is 6.86. The van der Waals surface area contributed by atoms with Crippen LogP contribution in [0.4, 0.5) is 0 Å². The molecule has 6 heteroatoms. The van der Waals surface area contributed by atoms with Gasteiger partial charge in [-0.05, 0) is 69.2 Å². The van der Waals surface area contributed by atoms with E-state index in [1.165, 1.54) is 11.6 Å². The molecule has 0 bridgehead atoms. The Hall–Kier alpha value is -3.09. The fraction of sp³-hybridized carbons (Fsp3) is 0.292. The molecule has 2 aromatic carbocycles. The second-order valence-electron chi connectivity index (χ2n) is 7.67. The fourth-order valence-electron chi connectivity index (χ4n) is 2.55. The third kappa shape index (κ3) is 7.06. The van der Waals surface area contributed by atoms with Gasteiger partial charge in [0.15, 0.2) is 0 Å². The van der Waals surface area contributed by atoms with Crippen LogP contribution in [0, 0.1) is 22.7 Å². The smallest absolute Gasteiger partial charge is 0.311 e. The van der Waals surface area contributed by atoms with Crippen molar-refractivity contribution in [2.24, 2.45) is 0 Å². The predicted octanol–water partition coefficient (Wildman–Crippen LogP) is 5.94. The molecule has 0 atom stereocenters. The zero-order valence-corrected chi connectivity index (χ0v) is 18.8. The van der Waals surface area contributed by atoms with Crippen LogP contribution in [0.1, 0.15) is 44.7 Å². The molecule has 0 aromatic heterocycles. The van der Waals surface area contributed by atoms with Crippen molar-refractivity contribution in [3.8, 4) is 23.6 Å². The summed E-state index contributed by atoms with van der Waals surface area (Å²) in [7, 11) is 0. The van der Waals surface area contributed by atoms with E-state index in [4.69, 9.17) is 20.0 Å². The van der Waals surface area contributed by atoms with Gasteiger partial charge in [-0.3, -0.25) is 4.79 Å². The molecule has 0 fully saturated rings. The molecule has 0 spiro atoms. The average molecular weight is 467 g/mol. The minimum Gasteiger partial charge on any atom is -0.492 e. The van der Waals surface area contributed by atoms with Gasteiger partial charge in [0, 0.05) is 6.42 Å². The summed E-state index contributed by atoms with van der Waals surface area (Å²) in [4.78, 5) is 12.0. The van der Waals surface area contributed by atoms with E-state index >= 15 is 0 Å². The molecule has 0 saturated carbocycles. The minimum absolute atomic E-state index is 0.0134. The molecule has 154 valence electrons. The molecule has 0 amide bonds. The van der Waals surface area contributed by atoms with E-state index in [1.807, 2.05) is 12.1 Å². The Kier molecular flexibility index (Phi) is 8.21. The average Bonchev–Trinajstić information content (AvgIpc) is 2.70. The summed E-state index contributed by atoms with van der Waals surface area (Å²) >= 11 is 3.54. The summed E-state index contributed by atoms with van der Waals surface area (Å²) in [6, 6.07) is 16.2. The summed E-state index contributed by atoms with van der Waals surface area (Å²) in [5, 5.41) is 17.5. The molecule has 0 N–H and O–H groups in total. The van der Waals surface area contributed by atoms with Crippen molar-refractivity contribution in [2.45, 2.75) is 39.0 Å². The summed E-state index contributed by atoms with van der Waals surface area (Å²) in [5.74, 6) is 0.807. The highest BCUT2D eigenvalue weighted by atomic mass is 79.9. The van der Waals surface area contributed by atoms with Gasteiger partial charge < -0.3 is 9.47 Å². The number of benzene rings is 2. The van der Waals surface area contributed by atoms with E-state index in [-0.39, 0.29) is 23.4 Å². The standard InChI is InChI=1S/C24H23BrN2O3/c1-24(2,3)19-8-11-22(21(25)14-19)29-12-4-5-23(28)30-20-9-6-17(7-10-20)13-18(15-26)16-27/h6-11,13-14H,4-5,12H2,1-3H3. The molecule has 0 aliphatic carbocycles. The Bertz CT molecular complexity index is 991. The van der Waals surface area contributed by atoms with Crippen LogP contribution in [0.15, 0.2) is 52.5 Å². The number of nitrogens with zero attached hydrogens (tertiary/aromatic N) is 2. The number of nitriles is 2. The second-order valence-corrected chi connectivity index (χ2v) is 8.53. The van der Waals surface area contributed by atoms with Gasteiger partial charge in [-0.25, -0.2) is 0 Å². The van der Waals surface area contributed by atoms with Crippen molar-refractivity contribution in [1.29, 1.82) is 10.5 Å². The van der Waals surface area contributed by atoms with Crippen molar-refractivity contribution in [3.63, 3.8) is 0 Å². The molecule has 30 heavy (non-hydrogen) atoms. The van der Waals surface area contributed by atoms with Crippen molar-refractivity contribution in [2.75, 3.05) is 6.61 Å². The molecule has 2 aromatic rings. The lowest BCUT2D eigenvalue weighted by molar-refractivity contribution is -0.134. The zero-order valence-electron chi connectivity index (χ0n) is 17.2. The van der Waals surface area contributed by atoms with Gasteiger partial charge in [0.25, 0.3) is 0 Å². The number of rotatable bonds is 7. The van der Waals surface area contributed by atoms with Crippen molar-refractivity contribution < 1.29 is 14.3 Å². The Morgan fingerprint density at radius 3 is 2.33 bits per heavy atom. The van der Waals surface area contributed by atoms with Crippen molar-refractivity contribution >= 4 is 28.0 Å². The van der Waals surface area contributed by atoms with E-state index < -0.39 is 0 Å². The lowest BCUT2D eigenvalue weighted by atomic mass is 9.87. The van der Waals surface area contributed by atoms with Gasteiger partial charge >= 0.3 is 5.97 Å². The number of hydrogen-bond acceptors (Lipinski definition) is 5. The third-order valence-electron chi connectivity index (χ3n) is 4.24. The number of hydrogen-bond donors (Lipinski definition) is 0. The molecule has 0 radical (unpaired) electrons. The minimum atomic E-state index is -0.348. The fourth-order valence-corrected chi connectivity index (χ4v) is 3.05. The lowest BCUT2D eigenvalue weighted by Crippen LogP contribution is -2.11. The van der Waals surface area contributed by atoms with E-state index in [9.17, 15) is 4.79 Å². The van der Waals surface area contributed by atoms with Crippen LogP contribution in [0.25, 0.3) is 6.08 Å². The van der Waals surface area contributed by atoms with Crippen LogP contribution in [0.3, 0.4) is 0 Å². The Balaban J connectivity index is 1.80. The highest BCUT2D eigenvalue weighted by Crippen LogP contribution is 2.31. The number of allylic oxidation sites excluding steroid dienone is 1. The first-order valence-electron chi connectivity index (χ1n) is 9.48. The third-order valence-corrected chi connectivity index (χ3v) is 4.86. The first kappa shape index (κ1) is 23.2. The number of ether oxygens (including phenoxy) is 2. The van der Waals surface area contributed by atoms with Crippen LogP contribution < -0.4 is 9.47 Å². The highest BCUT2D eigenvalue weighted by molar-refractivity contribution is 9.10. The molecule has 2 rings (SSSR count). The first-order valence-corrected chi connectivity index (χ1v) is 10.3. The zero-order chi connectivity index (χ0) is 22.1. The van der Waals surface area contributed by atoms with Crippen molar-refractivity contribution in [1.82, 2.24) is 0 Å². The van der Waals surface area contributed by atoms with Gasteiger partial charge in [-0.15, -0.1) is 0 Å². The quantitative estimate of drug-likeness (QED) is 0.218. The van der Waals surface area contributed by atoms with E-state index in [2.05, 4.69) is 42.8 Å². The maximum absolute atomic E-state index is 12.0. The molecular formula is C24H23BrN2O3. The van der Waals surface area contributed by atoms with Gasteiger partial charge in [0.1, 0.15) is 29.2 Å². The summed E-state index contributed by atoms with van der Waals surface area (Å²) in [5.41, 5.74) is 1.97. The van der Waals surface area contributed by atoms with Crippen molar-refractivity contribution in [3.05, 3.63) is 63.6 Å². The second kappa shape index (κ2) is 10.6. The number of halogens is 1. The Morgan fingerprint density at radius 2 is 1.77 bits per heavy atom. The highest BCUT2D eigenvalue weighted by Gasteiger charge is 2.15. The molecule has 5 nitrogen and oxygen atoms in total. The van der Waals surface area contributed by atoms with E-state index in [1.54, 1.807) is 36.4 Å². The maximum Gasteiger partial charge on any atom is 0.311 e. The molecule has 0 aliphatic heterocycles. The van der Waals surface area contributed by atoms with Crippen LogP contribution in [-0.2, 0) is 10.2 Å². The number of carbonyl (C=O) groups is 1.